The number of rotatable bonds is 12. The normalized spacial score (nSPS) is 17.9. The molecular formula is C32H36N4O8. The molecule has 0 bridgehead atoms. The van der Waals surface area contributed by atoms with Gasteiger partial charge in [0, 0.05) is 37.3 Å². The van der Waals surface area contributed by atoms with Gasteiger partial charge in [-0.25, -0.2) is 0 Å². The molecule has 232 valence electrons. The lowest BCUT2D eigenvalue weighted by Crippen LogP contribution is -2.43. The SMILES string of the molecule is O=C(O)CCC(=O)N1CCC[C@H]1C(=O)Nc1ccc(C=Cc2ccc(NC(=O)[C@@H]3CCCN3C(=O)CCC(=O)O)cc2)cc1. The summed E-state index contributed by atoms with van der Waals surface area (Å²) in [6.07, 6.45) is 5.45. The summed E-state index contributed by atoms with van der Waals surface area (Å²) in [5.74, 6) is -3.36. The van der Waals surface area contributed by atoms with Gasteiger partial charge >= 0.3 is 11.9 Å². The number of carboxylic acid groups (broad SMARTS) is 2. The summed E-state index contributed by atoms with van der Waals surface area (Å²) in [5.41, 5.74) is 2.95. The fraction of sp³-hybridized carbons (Fsp3) is 0.375. The molecule has 0 spiro atoms. The molecule has 0 unspecified atom stereocenters. The van der Waals surface area contributed by atoms with Gasteiger partial charge < -0.3 is 30.6 Å². The molecule has 4 amide bonds. The van der Waals surface area contributed by atoms with E-state index in [1.807, 2.05) is 36.4 Å². The lowest BCUT2D eigenvalue weighted by atomic mass is 10.1. The van der Waals surface area contributed by atoms with Crippen molar-refractivity contribution < 1.29 is 39.0 Å². The summed E-state index contributed by atoms with van der Waals surface area (Å²) in [7, 11) is 0. The van der Waals surface area contributed by atoms with Gasteiger partial charge in [0.15, 0.2) is 0 Å². The summed E-state index contributed by atoms with van der Waals surface area (Å²) >= 11 is 0. The van der Waals surface area contributed by atoms with Gasteiger partial charge in [-0.15, -0.1) is 0 Å². The van der Waals surface area contributed by atoms with E-state index >= 15 is 0 Å². The van der Waals surface area contributed by atoms with Crippen LogP contribution in [-0.4, -0.2) is 80.8 Å². The number of likely N-dealkylation sites (tertiary alicyclic amines) is 2. The second kappa shape index (κ2) is 14.9. The van der Waals surface area contributed by atoms with E-state index in [1.54, 1.807) is 24.3 Å². The van der Waals surface area contributed by atoms with Gasteiger partial charge in [-0.05, 0) is 61.1 Å². The van der Waals surface area contributed by atoms with Crippen LogP contribution in [0.2, 0.25) is 0 Å². The number of anilines is 2. The highest BCUT2D eigenvalue weighted by atomic mass is 16.4. The maximum absolute atomic E-state index is 12.8. The van der Waals surface area contributed by atoms with Crippen LogP contribution < -0.4 is 10.6 Å². The number of amides is 4. The Bertz CT molecular complexity index is 1310. The Kier molecular flexibility index (Phi) is 10.8. The van der Waals surface area contributed by atoms with Crippen molar-refractivity contribution in [3.8, 4) is 0 Å². The standard InChI is InChI=1S/C32H36N4O8/c37-27(15-17-29(39)40)35-19-1-3-25(35)31(43)33-23-11-7-21(8-12-23)5-6-22-9-13-24(14-10-22)34-32(44)26-4-2-20-36(26)28(38)16-18-30(41)42/h5-14,25-26H,1-4,15-20H2,(H,33,43)(H,34,44)(H,39,40)(H,41,42)/t25-,26-/m0/s1. The molecule has 2 aromatic carbocycles. The molecule has 2 heterocycles. The predicted octanol–water partition coefficient (Wildman–Crippen LogP) is 3.45. The molecule has 4 rings (SSSR count). The van der Waals surface area contributed by atoms with Crippen LogP contribution in [0.3, 0.4) is 0 Å². The number of nitrogens with zero attached hydrogens (tertiary/aromatic N) is 2. The van der Waals surface area contributed by atoms with Gasteiger partial charge in [0.1, 0.15) is 12.1 Å². The predicted molar refractivity (Wildman–Crippen MR) is 162 cm³/mol. The van der Waals surface area contributed by atoms with Gasteiger partial charge in [-0.2, -0.15) is 0 Å². The largest absolute Gasteiger partial charge is 0.481 e. The highest BCUT2D eigenvalue weighted by Crippen LogP contribution is 2.23. The Hall–Kier alpha value is -5.00. The summed E-state index contributed by atoms with van der Waals surface area (Å²) in [4.78, 5) is 74.9. The van der Waals surface area contributed by atoms with E-state index in [4.69, 9.17) is 10.2 Å². The Balaban J connectivity index is 1.27. The maximum Gasteiger partial charge on any atom is 0.303 e. The minimum atomic E-state index is -1.05. The number of aliphatic carboxylic acids is 2. The molecule has 0 saturated carbocycles. The van der Waals surface area contributed by atoms with Crippen LogP contribution in [0.15, 0.2) is 48.5 Å². The van der Waals surface area contributed by atoms with Gasteiger partial charge in [-0.3, -0.25) is 28.8 Å². The molecule has 2 aromatic rings. The zero-order valence-electron chi connectivity index (χ0n) is 24.2. The summed E-state index contributed by atoms with van der Waals surface area (Å²) in [6, 6.07) is 13.2. The summed E-state index contributed by atoms with van der Waals surface area (Å²) < 4.78 is 0. The van der Waals surface area contributed by atoms with Crippen LogP contribution in [0.25, 0.3) is 12.2 Å². The molecule has 0 aromatic heterocycles. The monoisotopic (exact) mass is 604 g/mol. The summed E-state index contributed by atoms with van der Waals surface area (Å²) in [5, 5.41) is 23.3. The van der Waals surface area contributed by atoms with Gasteiger partial charge in [0.05, 0.1) is 12.8 Å². The molecule has 2 fully saturated rings. The number of hydrogen-bond acceptors (Lipinski definition) is 6. The molecule has 0 aliphatic carbocycles. The average Bonchev–Trinajstić information content (AvgIpc) is 3.70. The van der Waals surface area contributed by atoms with E-state index in [0.717, 1.165) is 11.1 Å². The second-order valence-electron chi connectivity index (χ2n) is 10.8. The number of carbonyl (C=O) groups excluding carboxylic acids is 4. The fourth-order valence-electron chi connectivity index (χ4n) is 5.39. The lowest BCUT2D eigenvalue weighted by Gasteiger charge is -2.23. The number of hydrogen-bond donors (Lipinski definition) is 4. The first-order valence-corrected chi connectivity index (χ1v) is 14.6. The molecule has 2 aliphatic heterocycles. The van der Waals surface area contributed by atoms with Crippen LogP contribution in [0.1, 0.15) is 62.5 Å². The molecule has 0 radical (unpaired) electrons. The van der Waals surface area contributed by atoms with E-state index in [2.05, 4.69) is 10.6 Å². The minimum absolute atomic E-state index is 0.129. The van der Waals surface area contributed by atoms with E-state index in [-0.39, 0.29) is 49.3 Å². The van der Waals surface area contributed by atoms with E-state index < -0.39 is 24.0 Å². The first-order chi connectivity index (χ1) is 21.1. The molecule has 12 nitrogen and oxygen atoms in total. The second-order valence-corrected chi connectivity index (χ2v) is 10.8. The van der Waals surface area contributed by atoms with E-state index in [9.17, 15) is 28.8 Å². The van der Waals surface area contributed by atoms with Crippen molar-refractivity contribution in [1.29, 1.82) is 0 Å². The summed E-state index contributed by atoms with van der Waals surface area (Å²) in [6.45, 7) is 0.869. The first-order valence-electron chi connectivity index (χ1n) is 14.6. The van der Waals surface area contributed by atoms with Gasteiger partial charge in [0.25, 0.3) is 0 Å². The van der Waals surface area contributed by atoms with Crippen LogP contribution in [0, 0.1) is 0 Å². The van der Waals surface area contributed by atoms with E-state index in [1.165, 1.54) is 9.80 Å². The number of carbonyl (C=O) groups is 6. The van der Waals surface area contributed by atoms with Crippen LogP contribution in [0.4, 0.5) is 11.4 Å². The van der Waals surface area contributed by atoms with Crippen molar-refractivity contribution in [2.75, 3.05) is 23.7 Å². The van der Waals surface area contributed by atoms with Gasteiger partial charge in [-0.1, -0.05) is 36.4 Å². The number of benzene rings is 2. The average molecular weight is 605 g/mol. The van der Waals surface area contributed by atoms with Crippen molar-refractivity contribution in [2.24, 2.45) is 0 Å². The Morgan fingerprint density at radius 3 is 1.32 bits per heavy atom. The third kappa shape index (κ3) is 8.76. The van der Waals surface area contributed by atoms with Crippen molar-refractivity contribution >= 4 is 59.1 Å². The Labute approximate surface area is 254 Å². The fourth-order valence-corrected chi connectivity index (χ4v) is 5.39. The van der Waals surface area contributed by atoms with Crippen LogP contribution in [0.5, 0.6) is 0 Å². The zero-order chi connectivity index (χ0) is 31.6. The number of carboxylic acids is 2. The lowest BCUT2D eigenvalue weighted by molar-refractivity contribution is -0.142. The Morgan fingerprint density at radius 1 is 0.614 bits per heavy atom. The zero-order valence-corrected chi connectivity index (χ0v) is 24.2. The van der Waals surface area contributed by atoms with Gasteiger partial charge in [0.2, 0.25) is 23.6 Å². The van der Waals surface area contributed by atoms with Crippen LogP contribution in [-0.2, 0) is 28.8 Å². The topological polar surface area (TPSA) is 173 Å². The third-order valence-corrected chi connectivity index (χ3v) is 7.68. The Morgan fingerprint density at radius 2 is 0.977 bits per heavy atom. The molecule has 2 atom stereocenters. The van der Waals surface area contributed by atoms with E-state index in [0.29, 0.717) is 50.1 Å². The minimum Gasteiger partial charge on any atom is -0.481 e. The first kappa shape index (κ1) is 31.9. The van der Waals surface area contributed by atoms with Crippen molar-refractivity contribution in [1.82, 2.24) is 9.80 Å². The molecule has 4 N–H and O–H groups in total. The number of nitrogens with one attached hydrogen (secondary N) is 2. The molecule has 44 heavy (non-hydrogen) atoms. The molecule has 12 heteroatoms. The van der Waals surface area contributed by atoms with Crippen molar-refractivity contribution in [3.05, 3.63) is 59.7 Å². The van der Waals surface area contributed by atoms with Crippen LogP contribution >= 0.6 is 0 Å². The maximum atomic E-state index is 12.8. The van der Waals surface area contributed by atoms with Crippen molar-refractivity contribution in [3.63, 3.8) is 0 Å². The molecular weight excluding hydrogens is 568 g/mol. The quantitative estimate of drug-likeness (QED) is 0.267. The third-order valence-electron chi connectivity index (χ3n) is 7.68. The molecule has 2 aliphatic rings. The van der Waals surface area contributed by atoms with Crippen molar-refractivity contribution in [2.45, 2.75) is 63.5 Å². The highest BCUT2D eigenvalue weighted by Gasteiger charge is 2.35. The highest BCUT2D eigenvalue weighted by molar-refractivity contribution is 5.98. The molecule has 2 saturated heterocycles. The smallest absolute Gasteiger partial charge is 0.303 e.